The van der Waals surface area contributed by atoms with Crippen molar-refractivity contribution in [3.05, 3.63) is 29.3 Å². The zero-order valence-corrected chi connectivity index (χ0v) is 18.7. The molecule has 0 aromatic heterocycles. The Bertz CT molecular complexity index is 954. The molecule has 1 aromatic carbocycles. The van der Waals surface area contributed by atoms with E-state index in [-0.39, 0.29) is 12.5 Å². The predicted molar refractivity (Wildman–Crippen MR) is 108 cm³/mol. The van der Waals surface area contributed by atoms with Gasteiger partial charge in [-0.1, -0.05) is 25.1 Å². The second kappa shape index (κ2) is 8.94. The van der Waals surface area contributed by atoms with Crippen molar-refractivity contribution < 1.29 is 45.8 Å². The Morgan fingerprint density at radius 3 is 2.44 bits per heavy atom. The van der Waals surface area contributed by atoms with Crippen molar-refractivity contribution in [3.63, 3.8) is 0 Å². The van der Waals surface area contributed by atoms with Crippen LogP contribution in [0.25, 0.3) is 0 Å². The molecule has 6 unspecified atom stereocenters. The van der Waals surface area contributed by atoms with Gasteiger partial charge in [0.05, 0.1) is 18.7 Å². The predicted octanol–water partition coefficient (Wildman–Crippen LogP) is 3.18. The van der Waals surface area contributed by atoms with Gasteiger partial charge >= 0.3 is 12.1 Å². The number of ether oxygens (including phenoxy) is 1. The van der Waals surface area contributed by atoms with Gasteiger partial charge in [0.25, 0.3) is 0 Å². The molecule has 3 N–H and O–H groups in total. The van der Waals surface area contributed by atoms with E-state index in [9.17, 15) is 41.0 Å². The number of aliphatic hydroxyl groups is 1. The maximum atomic E-state index is 14.2. The lowest BCUT2D eigenvalue weighted by atomic mass is 9.88. The fourth-order valence-electron chi connectivity index (χ4n) is 4.24. The highest BCUT2D eigenvalue weighted by Crippen LogP contribution is 2.60. The van der Waals surface area contributed by atoms with Gasteiger partial charge in [0.1, 0.15) is 24.4 Å². The van der Waals surface area contributed by atoms with Gasteiger partial charge in [0.2, 0.25) is 11.8 Å². The standard InChI is InChI=1S/C22H26F6N2O4/c1-10(18(32)29-9-21(24,25)22(26,27)28)19(33)30-15-8-34-17-12(11(2)23)5-4-6-13(17)20(3)7-14(20)16(15)31/h4-6,10-11,14-16,31H,7-9H2,1-3H3,(H,29,32)(H,30,33). The molecule has 0 bridgehead atoms. The van der Waals surface area contributed by atoms with Crippen molar-refractivity contribution in [2.24, 2.45) is 11.8 Å². The molecule has 1 aliphatic carbocycles. The van der Waals surface area contributed by atoms with Gasteiger partial charge in [-0.25, -0.2) is 4.39 Å². The van der Waals surface area contributed by atoms with Crippen LogP contribution in [0.5, 0.6) is 5.75 Å². The molecular weight excluding hydrogens is 470 g/mol. The van der Waals surface area contributed by atoms with E-state index >= 15 is 0 Å². The van der Waals surface area contributed by atoms with Crippen molar-refractivity contribution in [1.82, 2.24) is 10.6 Å². The molecular formula is C22H26F6N2O4. The quantitative estimate of drug-likeness (QED) is 0.417. The number of rotatable bonds is 6. The number of amides is 2. The summed E-state index contributed by atoms with van der Waals surface area (Å²) in [6.45, 7) is 1.98. The van der Waals surface area contributed by atoms with Crippen LogP contribution in [0, 0.1) is 11.8 Å². The maximum Gasteiger partial charge on any atom is 0.455 e. The third-order valence-corrected chi connectivity index (χ3v) is 6.64. The van der Waals surface area contributed by atoms with E-state index in [2.05, 4.69) is 5.32 Å². The molecule has 34 heavy (non-hydrogen) atoms. The van der Waals surface area contributed by atoms with E-state index in [1.807, 2.05) is 6.92 Å². The number of para-hydroxylation sites is 1. The lowest BCUT2D eigenvalue weighted by Gasteiger charge is -2.31. The Kier molecular flexibility index (Phi) is 6.86. The average molecular weight is 496 g/mol. The van der Waals surface area contributed by atoms with Gasteiger partial charge < -0.3 is 20.5 Å². The number of hydrogen-bond acceptors (Lipinski definition) is 4. The van der Waals surface area contributed by atoms with Gasteiger partial charge in [0.15, 0.2) is 0 Å². The highest BCUT2D eigenvalue weighted by Gasteiger charge is 2.59. The van der Waals surface area contributed by atoms with Crippen LogP contribution in [0.3, 0.4) is 0 Å². The molecule has 1 heterocycles. The molecule has 12 heteroatoms. The molecule has 0 saturated heterocycles. The molecule has 6 atom stereocenters. The summed E-state index contributed by atoms with van der Waals surface area (Å²) < 4.78 is 82.9. The number of benzene rings is 1. The summed E-state index contributed by atoms with van der Waals surface area (Å²) in [5.41, 5.74) is 0.515. The number of hydrogen-bond donors (Lipinski definition) is 3. The average Bonchev–Trinajstić information content (AvgIpc) is 3.44. The van der Waals surface area contributed by atoms with E-state index in [4.69, 9.17) is 4.74 Å². The van der Waals surface area contributed by atoms with Crippen molar-refractivity contribution >= 4 is 11.8 Å². The Morgan fingerprint density at radius 2 is 1.85 bits per heavy atom. The van der Waals surface area contributed by atoms with Crippen LogP contribution >= 0.6 is 0 Å². The van der Waals surface area contributed by atoms with E-state index in [0.717, 1.165) is 12.5 Å². The third-order valence-electron chi connectivity index (χ3n) is 6.64. The summed E-state index contributed by atoms with van der Waals surface area (Å²) in [6.07, 6.45) is -7.76. The first-order valence-corrected chi connectivity index (χ1v) is 10.7. The first-order valence-electron chi connectivity index (χ1n) is 10.7. The van der Waals surface area contributed by atoms with Crippen LogP contribution in [0.15, 0.2) is 18.2 Å². The van der Waals surface area contributed by atoms with Gasteiger partial charge in [-0.05, 0) is 26.2 Å². The molecule has 3 rings (SSSR count). The second-order valence-electron chi connectivity index (χ2n) is 9.13. The number of carbonyl (C=O) groups excluding carboxylic acids is 2. The van der Waals surface area contributed by atoms with Crippen molar-refractivity contribution in [3.8, 4) is 5.75 Å². The van der Waals surface area contributed by atoms with Gasteiger partial charge in [0, 0.05) is 16.5 Å². The van der Waals surface area contributed by atoms with E-state index < -0.39 is 60.1 Å². The molecule has 1 aliphatic heterocycles. The summed E-state index contributed by atoms with van der Waals surface area (Å²) in [5.74, 6) is -9.10. The van der Waals surface area contributed by atoms with Crippen LogP contribution < -0.4 is 15.4 Å². The van der Waals surface area contributed by atoms with Gasteiger partial charge in [-0.3, -0.25) is 9.59 Å². The number of aliphatic hydroxyl groups excluding tert-OH is 1. The Morgan fingerprint density at radius 1 is 1.21 bits per heavy atom. The van der Waals surface area contributed by atoms with Crippen LogP contribution in [-0.2, 0) is 15.0 Å². The third kappa shape index (κ3) is 4.82. The molecule has 1 fully saturated rings. The largest absolute Gasteiger partial charge is 0.491 e. The zero-order chi connectivity index (χ0) is 25.6. The summed E-state index contributed by atoms with van der Waals surface area (Å²) >= 11 is 0. The van der Waals surface area contributed by atoms with Crippen molar-refractivity contribution in [2.45, 2.75) is 63.0 Å². The SMILES string of the molecule is CC(C(=O)NCC(F)(F)C(F)(F)F)C(=O)NC1COc2c(C(C)F)cccc2C2(C)CC2C1O. The van der Waals surface area contributed by atoms with Gasteiger partial charge in [-0.15, -0.1) is 0 Å². The topological polar surface area (TPSA) is 87.7 Å². The Labute approximate surface area is 192 Å². The molecule has 1 aromatic rings. The number of nitrogens with one attached hydrogen (secondary N) is 2. The molecule has 6 nitrogen and oxygen atoms in total. The Balaban J connectivity index is 1.70. The maximum absolute atomic E-state index is 14.2. The van der Waals surface area contributed by atoms with E-state index in [1.54, 1.807) is 18.2 Å². The molecule has 190 valence electrons. The van der Waals surface area contributed by atoms with Crippen LogP contribution in [-0.4, -0.2) is 54.3 Å². The van der Waals surface area contributed by atoms with Crippen LogP contribution in [0.2, 0.25) is 0 Å². The molecule has 2 aliphatic rings. The fraction of sp³-hybridized carbons (Fsp3) is 0.636. The number of halogens is 6. The normalized spacial score (nSPS) is 28.2. The van der Waals surface area contributed by atoms with Crippen molar-refractivity contribution in [1.29, 1.82) is 0 Å². The minimum Gasteiger partial charge on any atom is -0.491 e. The summed E-state index contributed by atoms with van der Waals surface area (Å²) in [5, 5.41) is 14.7. The highest BCUT2D eigenvalue weighted by molar-refractivity contribution is 6.00. The van der Waals surface area contributed by atoms with E-state index in [0.29, 0.717) is 17.7 Å². The number of carbonyl (C=O) groups is 2. The minimum absolute atomic E-state index is 0.267. The summed E-state index contributed by atoms with van der Waals surface area (Å²) in [7, 11) is 0. The monoisotopic (exact) mass is 496 g/mol. The molecule has 0 spiro atoms. The molecule has 1 saturated carbocycles. The minimum atomic E-state index is -5.85. The first-order chi connectivity index (χ1) is 15.6. The number of fused-ring (bicyclic) bond motifs is 3. The first kappa shape index (κ1) is 26.1. The van der Waals surface area contributed by atoms with Crippen LogP contribution in [0.1, 0.15) is 44.5 Å². The number of alkyl halides is 6. The smallest absolute Gasteiger partial charge is 0.455 e. The fourth-order valence-corrected chi connectivity index (χ4v) is 4.24. The lowest BCUT2D eigenvalue weighted by molar-refractivity contribution is -0.278. The highest BCUT2D eigenvalue weighted by atomic mass is 19.4. The molecule has 0 radical (unpaired) electrons. The zero-order valence-electron chi connectivity index (χ0n) is 18.7. The van der Waals surface area contributed by atoms with Crippen LogP contribution in [0.4, 0.5) is 26.3 Å². The molecule has 2 amide bonds. The summed E-state index contributed by atoms with van der Waals surface area (Å²) in [4.78, 5) is 24.5. The van der Waals surface area contributed by atoms with E-state index in [1.165, 1.54) is 12.2 Å². The Hall–Kier alpha value is -2.50. The van der Waals surface area contributed by atoms with Gasteiger partial charge in [-0.2, -0.15) is 22.0 Å². The second-order valence-corrected chi connectivity index (χ2v) is 9.13. The lowest BCUT2D eigenvalue weighted by Crippen LogP contribution is -2.53. The summed E-state index contributed by atoms with van der Waals surface area (Å²) in [6, 6.07) is 4.03. The van der Waals surface area contributed by atoms with Crippen molar-refractivity contribution in [2.75, 3.05) is 13.2 Å².